The third-order valence-corrected chi connectivity index (χ3v) is 14.0. The highest BCUT2D eigenvalue weighted by molar-refractivity contribution is 7.92. The van der Waals surface area contributed by atoms with Crippen LogP contribution in [0.3, 0.4) is 0 Å². The first-order valence-electron chi connectivity index (χ1n) is 19.6. The van der Waals surface area contributed by atoms with Gasteiger partial charge in [-0.05, 0) is 98.6 Å². The van der Waals surface area contributed by atoms with E-state index in [-0.39, 0.29) is 29.8 Å². The van der Waals surface area contributed by atoms with Gasteiger partial charge >= 0.3 is 0 Å². The Bertz CT molecular complexity index is 2050. The predicted molar refractivity (Wildman–Crippen MR) is 214 cm³/mol. The lowest BCUT2D eigenvalue weighted by Gasteiger charge is -2.46. The molecule has 1 unspecified atom stereocenters. The van der Waals surface area contributed by atoms with E-state index < -0.39 is 21.7 Å². The van der Waals surface area contributed by atoms with Gasteiger partial charge in [-0.2, -0.15) is 0 Å². The molecule has 7 rings (SSSR count). The van der Waals surface area contributed by atoms with E-state index in [1.165, 1.54) is 16.7 Å². The molecule has 2 aromatic carbocycles. The smallest absolute Gasteiger partial charge is 0.286 e. The molecule has 3 heterocycles. The molecule has 4 aliphatic rings. The number of aromatic nitrogens is 1. The highest BCUT2D eigenvalue weighted by atomic mass is 32.2. The van der Waals surface area contributed by atoms with Gasteiger partial charge in [0.2, 0.25) is 0 Å². The Morgan fingerprint density at radius 3 is 2.73 bits per heavy atom. The summed E-state index contributed by atoms with van der Waals surface area (Å²) in [7, 11) is 1.41. The largest absolute Gasteiger partial charge is 0.490 e. The number of carbonyl (C=O) groups is 2. The number of methoxy groups -OCH3 is 3. The van der Waals surface area contributed by atoms with Gasteiger partial charge in [0.25, 0.3) is 11.8 Å². The molecule has 11 nitrogen and oxygen atoms in total. The summed E-state index contributed by atoms with van der Waals surface area (Å²) in [6.45, 7) is 7.45. The number of nitrogens with zero attached hydrogens (tertiary/aromatic N) is 3. The third-order valence-electron chi connectivity index (χ3n) is 12.0. The number of amides is 2. The summed E-state index contributed by atoms with van der Waals surface area (Å²) in [5, 5.41) is 0. The maximum absolute atomic E-state index is 14.8. The van der Waals surface area contributed by atoms with E-state index >= 15 is 0 Å². The molecule has 0 saturated heterocycles. The Labute approximate surface area is 326 Å². The molecule has 6 atom stereocenters. The van der Waals surface area contributed by atoms with Gasteiger partial charge in [-0.15, -0.1) is 4.36 Å². The van der Waals surface area contributed by atoms with E-state index in [0.29, 0.717) is 49.1 Å². The summed E-state index contributed by atoms with van der Waals surface area (Å²) in [5.41, 5.74) is 6.02. The van der Waals surface area contributed by atoms with Crippen LogP contribution in [0.2, 0.25) is 0 Å². The molecular weight excluding hydrogens is 717 g/mol. The van der Waals surface area contributed by atoms with Crippen molar-refractivity contribution in [1.29, 1.82) is 0 Å². The monoisotopic (exact) mass is 772 g/mol. The number of aryl methyl sites for hydroxylation is 2. The van der Waals surface area contributed by atoms with Crippen LogP contribution in [0.15, 0.2) is 65.2 Å². The van der Waals surface area contributed by atoms with Crippen molar-refractivity contribution < 1.29 is 32.7 Å². The first-order valence-corrected chi connectivity index (χ1v) is 21.3. The van der Waals surface area contributed by atoms with E-state index in [4.69, 9.17) is 18.9 Å². The average Bonchev–Trinajstić information content (AvgIpc) is 3.48. The Kier molecular flexibility index (Phi) is 11.9. The van der Waals surface area contributed by atoms with Crippen LogP contribution >= 0.6 is 0 Å². The summed E-state index contributed by atoms with van der Waals surface area (Å²) >= 11 is 0. The lowest BCUT2D eigenvalue weighted by atomic mass is 9.68. The molecular formula is C43H56N4O7S. The number of benzene rings is 2. The second-order valence-corrected chi connectivity index (χ2v) is 18.1. The van der Waals surface area contributed by atoms with E-state index in [1.54, 1.807) is 39.7 Å². The average molecular weight is 773 g/mol. The van der Waals surface area contributed by atoms with Crippen LogP contribution in [0.4, 0.5) is 5.69 Å². The van der Waals surface area contributed by atoms with Crippen molar-refractivity contribution in [2.75, 3.05) is 58.3 Å². The van der Waals surface area contributed by atoms with Gasteiger partial charge in [0, 0.05) is 63.8 Å². The zero-order chi connectivity index (χ0) is 38.7. The van der Waals surface area contributed by atoms with E-state index in [9.17, 15) is 13.8 Å². The SMILES string of the molecule is COCCn1cc(C(=O)NS2(=O)=NC(=O)c3ccc4c(c3)N(C[C@@H]3CC[C@H]3[C@@H](OC)/C=C/C[C@H](C)C2)C[C@@]2(CCCc3cc(C)ccc32)CO4)cc1COC. The number of ether oxygens (including phenoxy) is 4. The Morgan fingerprint density at radius 1 is 1.11 bits per heavy atom. The minimum absolute atomic E-state index is 0.00455. The van der Waals surface area contributed by atoms with Crippen LogP contribution in [0.25, 0.3) is 0 Å². The normalized spacial score (nSPS) is 28.5. The lowest BCUT2D eigenvalue weighted by molar-refractivity contribution is 0.0131. The van der Waals surface area contributed by atoms with Crippen LogP contribution in [0.5, 0.6) is 5.75 Å². The first kappa shape index (κ1) is 39.3. The Balaban J connectivity index is 1.27. The molecule has 296 valence electrons. The quantitative estimate of drug-likeness (QED) is 0.253. The number of fused-ring (bicyclic) bond motifs is 4. The fourth-order valence-electron chi connectivity index (χ4n) is 9.08. The molecule has 0 radical (unpaired) electrons. The number of allylic oxidation sites excluding steroid dienone is 1. The van der Waals surface area contributed by atoms with Crippen molar-refractivity contribution in [3.63, 3.8) is 0 Å². The summed E-state index contributed by atoms with van der Waals surface area (Å²) < 4.78 is 47.1. The molecule has 3 aromatic rings. The van der Waals surface area contributed by atoms with Crippen LogP contribution in [0.1, 0.15) is 82.1 Å². The molecule has 2 bridgehead atoms. The molecule has 55 heavy (non-hydrogen) atoms. The number of carbonyl (C=O) groups excluding carboxylic acids is 2. The van der Waals surface area contributed by atoms with E-state index in [2.05, 4.69) is 51.3 Å². The maximum Gasteiger partial charge on any atom is 0.286 e. The number of hydrogen-bond acceptors (Lipinski definition) is 8. The van der Waals surface area contributed by atoms with Crippen LogP contribution in [-0.2, 0) is 49.1 Å². The molecule has 2 amide bonds. The second kappa shape index (κ2) is 16.6. The Hall–Kier alpha value is -3.97. The second-order valence-electron chi connectivity index (χ2n) is 16.1. The van der Waals surface area contributed by atoms with E-state index in [1.807, 2.05) is 23.6 Å². The van der Waals surface area contributed by atoms with Crippen molar-refractivity contribution in [2.24, 2.45) is 22.1 Å². The predicted octanol–water partition coefficient (Wildman–Crippen LogP) is 6.65. The molecule has 1 saturated carbocycles. The number of hydrogen-bond donors (Lipinski definition) is 1. The third kappa shape index (κ3) is 8.43. The van der Waals surface area contributed by atoms with Crippen molar-refractivity contribution in [3.8, 4) is 5.75 Å². The van der Waals surface area contributed by atoms with Crippen molar-refractivity contribution in [2.45, 2.75) is 77.0 Å². The van der Waals surface area contributed by atoms with Gasteiger partial charge < -0.3 is 28.4 Å². The van der Waals surface area contributed by atoms with Gasteiger partial charge in [-0.1, -0.05) is 42.8 Å². The minimum atomic E-state index is -3.57. The van der Waals surface area contributed by atoms with Gasteiger partial charge in [-0.25, -0.2) is 4.21 Å². The number of anilines is 1. The molecule has 1 spiro atoms. The summed E-state index contributed by atoms with van der Waals surface area (Å²) in [4.78, 5) is 30.4. The zero-order valence-electron chi connectivity index (χ0n) is 32.9. The van der Waals surface area contributed by atoms with Crippen molar-refractivity contribution in [1.82, 2.24) is 9.29 Å². The standard InChI is InChI=1S/C43H56N4O7S/c1-29-11-15-37-31(20-29)9-7-17-43(37)27-47-23-33-12-14-36(33)39(53-5)10-6-8-30(2)26-55(50,44-41(48)32-13-16-40(54-28-43)38(47)22-32)45-42(49)34-21-35(25-52-4)46(24-34)18-19-51-3/h6,10-11,13,15-16,20-22,24,30,33,36,39H,7-9,12,14,17-19,23,25-28H2,1-5H3,(H,44,45,48,49,50)/b10-6+/t30-,33-,36+,39-,43-,55?/m0/s1. The van der Waals surface area contributed by atoms with Crippen LogP contribution in [0, 0.1) is 24.7 Å². The van der Waals surface area contributed by atoms with Gasteiger partial charge in [0.1, 0.15) is 15.7 Å². The summed E-state index contributed by atoms with van der Waals surface area (Å²) in [5.74, 6) is 0.0902. The fraction of sp³-hybridized carbons (Fsp3) is 0.535. The topological polar surface area (TPSA) is 121 Å². The zero-order valence-corrected chi connectivity index (χ0v) is 33.7. The molecule has 1 aromatic heterocycles. The molecule has 2 aliphatic carbocycles. The molecule has 1 N–H and O–H groups in total. The van der Waals surface area contributed by atoms with Crippen molar-refractivity contribution in [3.05, 3.63) is 94.3 Å². The molecule has 1 fully saturated rings. The molecule has 12 heteroatoms. The fourth-order valence-corrected chi connectivity index (χ4v) is 11.0. The summed E-state index contributed by atoms with van der Waals surface area (Å²) in [6, 6.07) is 13.9. The maximum atomic E-state index is 14.8. The number of nitrogens with one attached hydrogen (secondary N) is 1. The molecule has 2 aliphatic heterocycles. The van der Waals surface area contributed by atoms with E-state index in [0.717, 1.165) is 62.3 Å². The highest BCUT2D eigenvalue weighted by Crippen LogP contribution is 2.47. The van der Waals surface area contributed by atoms with Gasteiger partial charge in [0.05, 0.1) is 42.9 Å². The number of rotatable bonds is 8. The Morgan fingerprint density at radius 2 is 1.96 bits per heavy atom. The highest BCUT2D eigenvalue weighted by Gasteiger charge is 2.44. The summed E-state index contributed by atoms with van der Waals surface area (Å²) in [6.07, 6.45) is 11.8. The van der Waals surface area contributed by atoms with Gasteiger partial charge in [-0.3, -0.25) is 14.3 Å². The van der Waals surface area contributed by atoms with Crippen LogP contribution < -0.4 is 14.4 Å². The van der Waals surface area contributed by atoms with Crippen LogP contribution in [-0.4, -0.2) is 80.1 Å². The van der Waals surface area contributed by atoms with Gasteiger partial charge in [0.15, 0.2) is 0 Å². The van der Waals surface area contributed by atoms with Crippen molar-refractivity contribution >= 4 is 27.4 Å². The lowest BCUT2D eigenvalue weighted by Crippen LogP contribution is -2.49. The first-order chi connectivity index (χ1) is 26.5. The minimum Gasteiger partial charge on any atom is -0.490 e.